The van der Waals surface area contributed by atoms with Gasteiger partial charge < -0.3 is 15.0 Å². The van der Waals surface area contributed by atoms with Crippen molar-refractivity contribution in [1.29, 1.82) is 0 Å². The van der Waals surface area contributed by atoms with Gasteiger partial charge in [-0.1, -0.05) is 35.3 Å². The Morgan fingerprint density at radius 1 is 1.36 bits per heavy atom. The van der Waals surface area contributed by atoms with Gasteiger partial charge in [0.1, 0.15) is 23.4 Å². The predicted molar refractivity (Wildman–Crippen MR) is 131 cm³/mol. The van der Waals surface area contributed by atoms with Crippen molar-refractivity contribution in [1.82, 2.24) is 14.5 Å². The molecule has 0 bridgehead atoms. The molecule has 4 rings (SSSR count). The maximum atomic E-state index is 15.6. The minimum atomic E-state index is -4.24. The van der Waals surface area contributed by atoms with E-state index in [1.807, 2.05) is 6.07 Å². The van der Waals surface area contributed by atoms with Gasteiger partial charge in [0.15, 0.2) is 5.78 Å². The Balaban J connectivity index is 1.53. The number of rotatable bonds is 9. The topological polar surface area (TPSA) is 149 Å². The Morgan fingerprint density at radius 3 is 2.86 bits per heavy atom. The highest BCUT2D eigenvalue weighted by Gasteiger charge is 2.49. The first-order valence-electron chi connectivity index (χ1n) is 10.7. The summed E-state index contributed by atoms with van der Waals surface area (Å²) in [5, 5.41) is 18.7. The summed E-state index contributed by atoms with van der Waals surface area (Å²) < 4.78 is 43.9. The first-order chi connectivity index (χ1) is 16.9. The smallest absolute Gasteiger partial charge is 0.333 e. The van der Waals surface area contributed by atoms with Gasteiger partial charge in [-0.25, -0.2) is 19.5 Å². The zero-order chi connectivity index (χ0) is 26.1. The molecular weight excluding hydrogens is 536 g/mol. The summed E-state index contributed by atoms with van der Waals surface area (Å²) in [4.78, 5) is 21.1. The van der Waals surface area contributed by atoms with E-state index in [4.69, 9.17) is 28.3 Å². The number of aliphatic hydroxyl groups excluding tert-OH is 1. The number of nitrogens with two attached hydrogens (primary N) is 1. The molecule has 1 aromatic carbocycles. The van der Waals surface area contributed by atoms with E-state index in [2.05, 4.69) is 19.5 Å². The van der Waals surface area contributed by atoms with Crippen molar-refractivity contribution < 1.29 is 26.9 Å². The predicted octanol–water partition coefficient (Wildman–Crippen LogP) is 2.93. The third kappa shape index (κ3) is 6.02. The van der Waals surface area contributed by atoms with Gasteiger partial charge in [-0.3, -0.25) is 8.98 Å². The van der Waals surface area contributed by atoms with E-state index in [9.17, 15) is 18.3 Å². The van der Waals surface area contributed by atoms with Gasteiger partial charge in [-0.2, -0.15) is 8.42 Å². The number of benzene rings is 1. The summed E-state index contributed by atoms with van der Waals surface area (Å²) in [5.41, 5.74) is 1.06. The van der Waals surface area contributed by atoms with Crippen LogP contribution in [0.15, 0.2) is 49.1 Å². The second-order valence-electron chi connectivity index (χ2n) is 8.43. The highest BCUT2D eigenvalue weighted by molar-refractivity contribution is 7.84. The fraction of sp³-hybridized carbons (Fsp3) is 0.318. The maximum Gasteiger partial charge on any atom is 0.333 e. The highest BCUT2D eigenvalue weighted by Crippen LogP contribution is 2.39. The molecule has 10 nitrogen and oxygen atoms in total. The number of hydrogen-bond donors (Lipinski definition) is 3. The minimum Gasteiger partial charge on any atom is -0.387 e. The van der Waals surface area contributed by atoms with Gasteiger partial charge in [0, 0.05) is 41.9 Å². The molecule has 1 fully saturated rings. The number of halogens is 3. The molecule has 3 atom stereocenters. The first-order valence-corrected chi connectivity index (χ1v) is 12.9. The zero-order valence-corrected chi connectivity index (χ0v) is 21.0. The molecule has 2 aromatic heterocycles. The molecule has 192 valence electrons. The van der Waals surface area contributed by atoms with Gasteiger partial charge >= 0.3 is 10.3 Å². The Morgan fingerprint density at radius 2 is 2.14 bits per heavy atom. The molecule has 1 aliphatic rings. The van der Waals surface area contributed by atoms with Crippen LogP contribution in [0.5, 0.6) is 0 Å². The van der Waals surface area contributed by atoms with Crippen molar-refractivity contribution in [3.8, 4) is 0 Å². The van der Waals surface area contributed by atoms with Crippen LogP contribution in [0.3, 0.4) is 0 Å². The number of nitrogens with zero attached hydrogens (tertiary/aromatic N) is 3. The number of anilines is 1. The van der Waals surface area contributed by atoms with Gasteiger partial charge in [0.05, 0.1) is 12.2 Å². The second-order valence-corrected chi connectivity index (χ2v) is 10.5. The zero-order valence-electron chi connectivity index (χ0n) is 18.6. The summed E-state index contributed by atoms with van der Waals surface area (Å²) in [6.07, 6.45) is 2.18. The van der Waals surface area contributed by atoms with Crippen molar-refractivity contribution in [2.75, 3.05) is 11.9 Å². The van der Waals surface area contributed by atoms with E-state index < -0.39 is 40.5 Å². The van der Waals surface area contributed by atoms with Crippen LogP contribution < -0.4 is 10.5 Å². The highest BCUT2D eigenvalue weighted by atomic mass is 35.5. The van der Waals surface area contributed by atoms with Crippen LogP contribution in [0.2, 0.25) is 10.2 Å². The lowest BCUT2D eigenvalue weighted by Crippen LogP contribution is -2.44. The maximum absolute atomic E-state index is 15.6. The molecule has 1 saturated carbocycles. The van der Waals surface area contributed by atoms with Crippen molar-refractivity contribution in [3.05, 3.63) is 75.9 Å². The van der Waals surface area contributed by atoms with Crippen molar-refractivity contribution in [2.45, 2.75) is 31.3 Å². The standard InChI is InChI=1S/C22H22Cl2FN5O5S/c23-16-3-1-2-13(6-16)9-30-10-15(7-18(30)24)19(31)17-8-27-12-28-21(17)29-22(25)5-4-14(20(22)32)11-35-36(26,33)34/h1-3,6-8,10,12,14,20,32H,4-5,9,11H2,(H2,26,33,34)(H,27,28,29)/t14-,20-,22-/m1/s1. The Labute approximate surface area is 216 Å². The number of aliphatic hydroxyl groups is 1. The molecular formula is C22H22Cl2FN5O5S. The molecule has 0 aliphatic heterocycles. The van der Waals surface area contributed by atoms with Crippen LogP contribution in [-0.4, -0.2) is 52.3 Å². The monoisotopic (exact) mass is 557 g/mol. The van der Waals surface area contributed by atoms with Gasteiger partial charge in [-0.05, 0) is 30.2 Å². The molecule has 2 heterocycles. The molecule has 0 amide bonds. The molecule has 4 N–H and O–H groups in total. The van der Waals surface area contributed by atoms with Crippen LogP contribution in [0.25, 0.3) is 0 Å². The minimum absolute atomic E-state index is 0.0393. The Kier molecular flexibility index (Phi) is 7.64. The lowest BCUT2D eigenvalue weighted by atomic mass is 10.0. The van der Waals surface area contributed by atoms with E-state index in [1.165, 1.54) is 12.3 Å². The SMILES string of the molecule is NS(=O)(=O)OC[C@H]1CC[C@@](F)(Nc2ncncc2C(=O)c2cc(Cl)n(Cc3cccc(Cl)c3)c2)[C@@H]1O. The van der Waals surface area contributed by atoms with Crippen LogP contribution >= 0.6 is 23.2 Å². The third-order valence-corrected chi connectivity index (χ3v) is 6.90. The van der Waals surface area contributed by atoms with E-state index in [0.29, 0.717) is 16.7 Å². The van der Waals surface area contributed by atoms with Crippen LogP contribution in [-0.2, 0) is 21.0 Å². The quantitative estimate of drug-likeness (QED) is 0.268. The molecule has 36 heavy (non-hydrogen) atoms. The summed E-state index contributed by atoms with van der Waals surface area (Å²) in [6.45, 7) is -0.119. The summed E-state index contributed by atoms with van der Waals surface area (Å²) in [6, 6.07) is 8.67. The van der Waals surface area contributed by atoms with Gasteiger partial charge in [0.2, 0.25) is 5.79 Å². The molecule has 1 aliphatic carbocycles. The van der Waals surface area contributed by atoms with Crippen molar-refractivity contribution in [2.24, 2.45) is 11.1 Å². The van der Waals surface area contributed by atoms with Gasteiger partial charge in [0.25, 0.3) is 0 Å². The van der Waals surface area contributed by atoms with Crippen LogP contribution in [0, 0.1) is 5.92 Å². The summed E-state index contributed by atoms with van der Waals surface area (Å²) in [7, 11) is -4.24. The molecule has 14 heteroatoms. The molecule has 0 radical (unpaired) electrons. The number of carbonyl (C=O) groups is 1. The normalized spacial score (nSPS) is 22.0. The number of hydrogen-bond acceptors (Lipinski definition) is 8. The second kappa shape index (κ2) is 10.4. The fourth-order valence-corrected chi connectivity index (χ4v) is 4.87. The van der Waals surface area contributed by atoms with Crippen molar-refractivity contribution >= 4 is 45.1 Å². The number of aromatic nitrogens is 3. The molecule has 0 saturated heterocycles. The number of alkyl halides is 1. The Hall–Kier alpha value is -2.61. The van der Waals surface area contributed by atoms with E-state index in [1.54, 1.807) is 29.0 Å². The lowest BCUT2D eigenvalue weighted by Gasteiger charge is -2.28. The van der Waals surface area contributed by atoms with Crippen LogP contribution in [0.1, 0.15) is 34.3 Å². The fourth-order valence-electron chi connectivity index (χ4n) is 4.07. The number of ketones is 1. The summed E-state index contributed by atoms with van der Waals surface area (Å²) >= 11 is 12.4. The Bertz CT molecular complexity index is 1390. The average Bonchev–Trinajstić information content (AvgIpc) is 3.31. The number of carbonyl (C=O) groups excluding carboxylic acids is 1. The average molecular weight is 558 g/mol. The largest absolute Gasteiger partial charge is 0.387 e. The molecule has 0 unspecified atom stereocenters. The summed E-state index contributed by atoms with van der Waals surface area (Å²) in [5.74, 6) is -3.90. The third-order valence-electron chi connectivity index (χ3n) is 5.87. The first kappa shape index (κ1) is 26.5. The van der Waals surface area contributed by atoms with Crippen molar-refractivity contribution in [3.63, 3.8) is 0 Å². The molecule has 0 spiro atoms. The van der Waals surface area contributed by atoms with E-state index >= 15 is 4.39 Å². The van der Waals surface area contributed by atoms with E-state index in [-0.39, 0.29) is 29.8 Å². The lowest BCUT2D eigenvalue weighted by molar-refractivity contribution is 0.00215. The van der Waals surface area contributed by atoms with E-state index in [0.717, 1.165) is 11.9 Å². The molecule has 3 aromatic rings. The number of nitrogens with one attached hydrogen (secondary N) is 1. The van der Waals surface area contributed by atoms with Crippen LogP contribution in [0.4, 0.5) is 10.2 Å². The van der Waals surface area contributed by atoms with Gasteiger partial charge in [-0.15, -0.1) is 0 Å².